The number of nitrogens with zero attached hydrogens (tertiary/aromatic N) is 5. The van der Waals surface area contributed by atoms with E-state index in [1.165, 1.54) is 31.4 Å². The van der Waals surface area contributed by atoms with Gasteiger partial charge in [-0.15, -0.1) is 11.8 Å². The molecule has 5 amide bonds. The normalized spacial score (nSPS) is 18.8. The molecular formula is C48H61N7O5S. The van der Waals surface area contributed by atoms with Gasteiger partial charge in [0.2, 0.25) is 17.7 Å². The molecule has 324 valence electrons. The first kappa shape index (κ1) is 44.1. The van der Waals surface area contributed by atoms with Gasteiger partial charge in [0.15, 0.2) is 0 Å². The van der Waals surface area contributed by atoms with Gasteiger partial charge in [-0.05, 0) is 122 Å². The van der Waals surface area contributed by atoms with Gasteiger partial charge >= 0.3 is 0 Å². The maximum Gasteiger partial charge on any atom is 0.255 e. The number of anilines is 1. The van der Waals surface area contributed by atoms with Crippen LogP contribution in [0.5, 0.6) is 0 Å². The Bertz CT molecular complexity index is 1990. The number of piperazine rings is 1. The first-order chi connectivity index (χ1) is 29.8. The molecule has 7 rings (SSSR count). The molecule has 0 spiro atoms. The molecule has 61 heavy (non-hydrogen) atoms. The van der Waals surface area contributed by atoms with Crippen molar-refractivity contribution in [2.75, 3.05) is 63.0 Å². The van der Waals surface area contributed by atoms with Crippen LogP contribution in [0.1, 0.15) is 109 Å². The van der Waals surface area contributed by atoms with E-state index in [2.05, 4.69) is 43.6 Å². The van der Waals surface area contributed by atoms with Crippen molar-refractivity contribution in [2.24, 2.45) is 5.92 Å². The number of imide groups is 1. The smallest absolute Gasteiger partial charge is 0.255 e. The minimum absolute atomic E-state index is 0.0791. The number of likely N-dealkylation sites (tertiary alicyclic amines) is 1. The lowest BCUT2D eigenvalue weighted by atomic mass is 9.91. The summed E-state index contributed by atoms with van der Waals surface area (Å²) < 4.78 is 0. The number of fused-ring (bicyclic) bond motifs is 1. The lowest BCUT2D eigenvalue weighted by Crippen LogP contribution is -2.52. The van der Waals surface area contributed by atoms with E-state index < -0.39 is 6.04 Å². The van der Waals surface area contributed by atoms with E-state index in [-0.39, 0.29) is 36.0 Å². The molecule has 0 radical (unpaired) electrons. The second-order valence-electron chi connectivity index (χ2n) is 16.9. The Morgan fingerprint density at radius 1 is 0.852 bits per heavy atom. The molecule has 3 fully saturated rings. The molecule has 5 heterocycles. The van der Waals surface area contributed by atoms with Gasteiger partial charge in [0.1, 0.15) is 6.04 Å². The number of hydrogen-bond acceptors (Lipinski definition) is 9. The molecule has 0 aliphatic carbocycles. The van der Waals surface area contributed by atoms with Crippen molar-refractivity contribution in [3.05, 3.63) is 95.3 Å². The summed E-state index contributed by atoms with van der Waals surface area (Å²) in [5, 5.41) is 5.34. The van der Waals surface area contributed by atoms with Gasteiger partial charge in [-0.3, -0.25) is 39.2 Å². The Balaban J connectivity index is 0.702. The van der Waals surface area contributed by atoms with Crippen LogP contribution in [0.15, 0.2) is 78.0 Å². The Hall–Kier alpha value is -5.01. The number of aromatic nitrogens is 1. The standard InChI is InChI=1S/C48H61N7O5S/c56-44(19-11-37-10-8-23-49-34-37)50-24-5-4-9-36-21-26-54(27-22-36)47(59)38-12-14-40(15-13-38)53-30-28-52(29-31-53)25-6-2-1-3-7-32-61-41-16-17-42-39(33-41)35-55(48(42)60)43-18-20-45(57)51-46(43)58/h8,10-17,19,23,33-34,36,43H,1-7,9,18,20-22,24-32,35H2,(H,50,56)(H,51,57,58)/b19-11+. The van der Waals surface area contributed by atoms with Crippen molar-refractivity contribution in [3.63, 3.8) is 0 Å². The monoisotopic (exact) mass is 847 g/mol. The van der Waals surface area contributed by atoms with Crippen molar-refractivity contribution in [1.29, 1.82) is 0 Å². The highest BCUT2D eigenvalue weighted by molar-refractivity contribution is 7.99. The molecule has 0 bridgehead atoms. The van der Waals surface area contributed by atoms with Crippen LogP contribution in [0.2, 0.25) is 0 Å². The summed E-state index contributed by atoms with van der Waals surface area (Å²) in [6.07, 6.45) is 18.7. The number of thioether (sulfide) groups is 1. The Morgan fingerprint density at radius 2 is 1.64 bits per heavy atom. The maximum atomic E-state index is 13.3. The fourth-order valence-electron chi connectivity index (χ4n) is 8.93. The highest BCUT2D eigenvalue weighted by Gasteiger charge is 2.39. The van der Waals surface area contributed by atoms with Crippen molar-refractivity contribution >= 4 is 53.1 Å². The number of benzene rings is 2. The average molecular weight is 848 g/mol. The quantitative estimate of drug-likeness (QED) is 0.0596. The highest BCUT2D eigenvalue weighted by atomic mass is 32.2. The zero-order valence-corrected chi connectivity index (χ0v) is 36.2. The minimum Gasteiger partial charge on any atom is -0.369 e. The second kappa shape index (κ2) is 22.2. The van der Waals surface area contributed by atoms with E-state index in [9.17, 15) is 24.0 Å². The largest absolute Gasteiger partial charge is 0.369 e. The topological polar surface area (TPSA) is 135 Å². The van der Waals surface area contributed by atoms with Crippen LogP contribution in [0.25, 0.3) is 6.08 Å². The van der Waals surface area contributed by atoms with Crippen LogP contribution in [0.3, 0.4) is 0 Å². The molecule has 13 heteroatoms. The lowest BCUT2D eigenvalue weighted by molar-refractivity contribution is -0.137. The predicted octanol–water partition coefficient (Wildman–Crippen LogP) is 6.56. The third-order valence-electron chi connectivity index (χ3n) is 12.6. The number of carbonyl (C=O) groups is 5. The third kappa shape index (κ3) is 12.5. The van der Waals surface area contributed by atoms with Gasteiger partial charge in [0.25, 0.3) is 11.8 Å². The first-order valence-corrected chi connectivity index (χ1v) is 23.4. The Morgan fingerprint density at radius 3 is 2.41 bits per heavy atom. The van der Waals surface area contributed by atoms with Crippen molar-refractivity contribution < 1.29 is 24.0 Å². The molecule has 12 nitrogen and oxygen atoms in total. The minimum atomic E-state index is -0.577. The fraction of sp³-hybridized carbons (Fsp3) is 0.500. The number of piperidine rings is 2. The number of hydrogen-bond donors (Lipinski definition) is 2. The number of unbranched alkanes of at least 4 members (excludes halogenated alkanes) is 5. The van der Waals surface area contributed by atoms with E-state index >= 15 is 0 Å². The number of pyridine rings is 1. The van der Waals surface area contributed by atoms with Crippen LogP contribution in [0.4, 0.5) is 5.69 Å². The van der Waals surface area contributed by atoms with Crippen molar-refractivity contribution in [3.8, 4) is 0 Å². The second-order valence-corrected chi connectivity index (χ2v) is 18.0. The Kier molecular flexibility index (Phi) is 16.0. The van der Waals surface area contributed by atoms with Gasteiger partial charge in [-0.2, -0.15) is 0 Å². The summed E-state index contributed by atoms with van der Waals surface area (Å²) in [6.45, 7) is 7.96. The molecule has 0 saturated carbocycles. The summed E-state index contributed by atoms with van der Waals surface area (Å²) >= 11 is 1.83. The third-order valence-corrected chi connectivity index (χ3v) is 13.7. The van der Waals surface area contributed by atoms with Crippen molar-refractivity contribution in [2.45, 2.75) is 94.5 Å². The molecule has 1 aromatic heterocycles. The summed E-state index contributed by atoms with van der Waals surface area (Å²) in [7, 11) is 0. The van der Waals surface area contributed by atoms with E-state index in [4.69, 9.17) is 0 Å². The predicted molar refractivity (Wildman–Crippen MR) is 240 cm³/mol. The van der Waals surface area contributed by atoms with Gasteiger partial charge in [-0.25, -0.2) is 0 Å². The summed E-state index contributed by atoms with van der Waals surface area (Å²) in [6, 6.07) is 17.4. The summed E-state index contributed by atoms with van der Waals surface area (Å²) in [5.41, 5.74) is 4.50. The lowest BCUT2D eigenvalue weighted by Gasteiger charge is -2.36. The van der Waals surface area contributed by atoms with Crippen LogP contribution in [-0.4, -0.2) is 113 Å². The van der Waals surface area contributed by atoms with Crippen LogP contribution in [0, 0.1) is 5.92 Å². The molecule has 3 aromatic rings. The molecule has 2 aromatic carbocycles. The van der Waals surface area contributed by atoms with Crippen LogP contribution < -0.4 is 15.5 Å². The van der Waals surface area contributed by atoms with E-state index in [0.29, 0.717) is 31.0 Å². The number of nitrogens with one attached hydrogen (secondary N) is 2. The van der Waals surface area contributed by atoms with Crippen LogP contribution >= 0.6 is 11.8 Å². The van der Waals surface area contributed by atoms with Crippen LogP contribution in [-0.2, 0) is 20.9 Å². The molecule has 3 saturated heterocycles. The van der Waals surface area contributed by atoms with E-state index in [1.54, 1.807) is 29.4 Å². The highest BCUT2D eigenvalue weighted by Crippen LogP contribution is 2.31. The molecule has 2 N–H and O–H groups in total. The van der Waals surface area contributed by atoms with Gasteiger partial charge in [-0.1, -0.05) is 38.2 Å². The number of carbonyl (C=O) groups excluding carboxylic acids is 5. The summed E-state index contributed by atoms with van der Waals surface area (Å²) in [5.74, 6) is 0.960. The molecule has 4 aliphatic heterocycles. The molecule has 4 aliphatic rings. The molecule has 1 atom stereocenters. The average Bonchev–Trinajstić information content (AvgIpc) is 3.61. The van der Waals surface area contributed by atoms with Gasteiger partial charge in [0.05, 0.1) is 0 Å². The number of rotatable bonds is 19. The maximum absolute atomic E-state index is 13.3. The zero-order chi connectivity index (χ0) is 42.4. The van der Waals surface area contributed by atoms with Gasteiger partial charge < -0.3 is 20.0 Å². The van der Waals surface area contributed by atoms with E-state index in [0.717, 1.165) is 112 Å². The molecule has 1 unspecified atom stereocenters. The van der Waals surface area contributed by atoms with E-state index in [1.807, 2.05) is 53.1 Å². The van der Waals surface area contributed by atoms with Gasteiger partial charge in [0, 0.05) is 99.0 Å². The Labute approximate surface area is 364 Å². The zero-order valence-electron chi connectivity index (χ0n) is 35.4. The number of amides is 5. The van der Waals surface area contributed by atoms with Crippen molar-refractivity contribution in [1.82, 2.24) is 30.3 Å². The first-order valence-electron chi connectivity index (χ1n) is 22.4. The fourth-order valence-corrected chi connectivity index (χ4v) is 9.90. The SMILES string of the molecule is O=C(/C=C/c1cccnc1)NCCCCC1CCN(C(=O)c2ccc(N3CCN(CCCCCCCSc4ccc5c(c4)CN(C4CCC(=O)NC4=O)C5=O)CC3)cc2)CC1. The molecular weight excluding hydrogens is 787 g/mol. The summed E-state index contributed by atoms with van der Waals surface area (Å²) in [4.78, 5) is 76.1.